The molecule has 2 aromatic carbocycles. The minimum atomic E-state index is -0.426. The zero-order valence-corrected chi connectivity index (χ0v) is 11.7. The molecule has 0 amide bonds. The van der Waals surface area contributed by atoms with Crippen LogP contribution in [0.25, 0.3) is 0 Å². The number of aliphatic hydroxyl groups excluding tert-OH is 1. The monoisotopic (exact) mass is 267 g/mol. The third kappa shape index (κ3) is 3.09. The van der Waals surface area contributed by atoms with Gasteiger partial charge in [-0.1, -0.05) is 48.5 Å². The van der Waals surface area contributed by atoms with Gasteiger partial charge < -0.3 is 10.4 Å². The molecule has 0 aromatic heterocycles. The average molecular weight is 267 g/mol. The molecule has 0 bridgehead atoms. The van der Waals surface area contributed by atoms with E-state index in [9.17, 15) is 5.11 Å². The van der Waals surface area contributed by atoms with Crippen LogP contribution in [0.3, 0.4) is 0 Å². The van der Waals surface area contributed by atoms with Crippen LogP contribution >= 0.6 is 0 Å². The van der Waals surface area contributed by atoms with Crippen LogP contribution in [-0.4, -0.2) is 11.7 Å². The van der Waals surface area contributed by atoms with E-state index in [4.69, 9.17) is 0 Å². The van der Waals surface area contributed by atoms with Gasteiger partial charge in [-0.15, -0.1) is 0 Å². The fourth-order valence-electron chi connectivity index (χ4n) is 2.87. The molecular formula is C18H21NO. The summed E-state index contributed by atoms with van der Waals surface area (Å²) in [6.45, 7) is 1.39. The van der Waals surface area contributed by atoms with Crippen LogP contribution in [-0.2, 0) is 19.4 Å². The summed E-state index contributed by atoms with van der Waals surface area (Å²) < 4.78 is 0. The number of fused-ring (bicyclic) bond motifs is 1. The van der Waals surface area contributed by atoms with Gasteiger partial charge in [0.15, 0.2) is 0 Å². The SMILES string of the molecule is OC(CNCc1ccccc1)c1ccc2c(c1)CCC2. The molecule has 0 radical (unpaired) electrons. The first-order valence-corrected chi connectivity index (χ1v) is 7.37. The Morgan fingerprint density at radius 3 is 2.65 bits per heavy atom. The van der Waals surface area contributed by atoms with Crippen molar-refractivity contribution in [3.8, 4) is 0 Å². The third-order valence-corrected chi connectivity index (χ3v) is 4.02. The Labute approximate surface area is 120 Å². The molecule has 1 aliphatic rings. The molecule has 3 rings (SSSR count). The minimum absolute atomic E-state index is 0.426. The summed E-state index contributed by atoms with van der Waals surface area (Å²) in [4.78, 5) is 0. The van der Waals surface area contributed by atoms with Gasteiger partial charge in [0.2, 0.25) is 0 Å². The number of hydrogen-bond acceptors (Lipinski definition) is 2. The molecule has 0 heterocycles. The molecule has 1 atom stereocenters. The Morgan fingerprint density at radius 1 is 1.00 bits per heavy atom. The minimum Gasteiger partial charge on any atom is -0.387 e. The van der Waals surface area contributed by atoms with Crippen LogP contribution in [0.5, 0.6) is 0 Å². The number of aryl methyl sites for hydroxylation is 2. The van der Waals surface area contributed by atoms with E-state index >= 15 is 0 Å². The van der Waals surface area contributed by atoms with E-state index in [0.29, 0.717) is 6.54 Å². The lowest BCUT2D eigenvalue weighted by Crippen LogP contribution is -2.21. The molecule has 1 aliphatic carbocycles. The molecule has 2 heteroatoms. The van der Waals surface area contributed by atoms with E-state index in [0.717, 1.165) is 18.5 Å². The predicted octanol–water partition coefficient (Wildman–Crippen LogP) is 3.00. The maximum Gasteiger partial charge on any atom is 0.0914 e. The number of nitrogens with one attached hydrogen (secondary N) is 1. The van der Waals surface area contributed by atoms with Crippen molar-refractivity contribution in [2.24, 2.45) is 0 Å². The number of rotatable bonds is 5. The van der Waals surface area contributed by atoms with Gasteiger partial charge in [-0.2, -0.15) is 0 Å². The lowest BCUT2D eigenvalue weighted by molar-refractivity contribution is 0.174. The Hall–Kier alpha value is -1.64. The lowest BCUT2D eigenvalue weighted by atomic mass is 10.0. The zero-order chi connectivity index (χ0) is 13.8. The van der Waals surface area contributed by atoms with E-state index in [-0.39, 0.29) is 0 Å². The van der Waals surface area contributed by atoms with Crippen molar-refractivity contribution >= 4 is 0 Å². The molecule has 2 nitrogen and oxygen atoms in total. The summed E-state index contributed by atoms with van der Waals surface area (Å²) in [6, 6.07) is 16.7. The molecule has 0 saturated carbocycles. The quantitative estimate of drug-likeness (QED) is 0.873. The van der Waals surface area contributed by atoms with E-state index in [1.165, 1.54) is 29.5 Å². The van der Waals surface area contributed by atoms with Gasteiger partial charge >= 0.3 is 0 Å². The van der Waals surface area contributed by atoms with Gasteiger partial charge in [-0.25, -0.2) is 0 Å². The molecule has 2 aromatic rings. The second-order valence-electron chi connectivity index (χ2n) is 5.51. The Morgan fingerprint density at radius 2 is 1.80 bits per heavy atom. The van der Waals surface area contributed by atoms with Crippen LogP contribution in [0, 0.1) is 0 Å². The molecule has 0 spiro atoms. The molecule has 20 heavy (non-hydrogen) atoms. The molecule has 0 fully saturated rings. The van der Waals surface area contributed by atoms with Gasteiger partial charge in [0, 0.05) is 13.1 Å². The van der Waals surface area contributed by atoms with Crippen LogP contribution in [0.1, 0.15) is 34.8 Å². The summed E-state index contributed by atoms with van der Waals surface area (Å²) in [5, 5.41) is 13.6. The Bertz CT molecular complexity index is 565. The fraction of sp³-hybridized carbons (Fsp3) is 0.333. The topological polar surface area (TPSA) is 32.3 Å². The lowest BCUT2D eigenvalue weighted by Gasteiger charge is -2.13. The molecule has 0 saturated heterocycles. The fourth-order valence-corrected chi connectivity index (χ4v) is 2.87. The summed E-state index contributed by atoms with van der Waals surface area (Å²) in [5.41, 5.74) is 5.16. The van der Waals surface area contributed by atoms with Crippen LogP contribution in [0.4, 0.5) is 0 Å². The third-order valence-electron chi connectivity index (χ3n) is 4.02. The van der Waals surface area contributed by atoms with Crippen LogP contribution in [0.2, 0.25) is 0 Å². The van der Waals surface area contributed by atoms with Crippen LogP contribution < -0.4 is 5.32 Å². The van der Waals surface area contributed by atoms with Gasteiger partial charge in [-0.05, 0) is 41.5 Å². The first-order chi connectivity index (χ1) is 9.83. The van der Waals surface area contributed by atoms with Crippen molar-refractivity contribution in [2.75, 3.05) is 6.54 Å². The summed E-state index contributed by atoms with van der Waals surface area (Å²) in [7, 11) is 0. The van der Waals surface area contributed by atoms with Crippen molar-refractivity contribution in [2.45, 2.75) is 31.9 Å². The molecule has 2 N–H and O–H groups in total. The zero-order valence-electron chi connectivity index (χ0n) is 11.7. The van der Waals surface area contributed by atoms with Crippen molar-refractivity contribution in [3.05, 3.63) is 70.8 Å². The highest BCUT2D eigenvalue weighted by Crippen LogP contribution is 2.25. The van der Waals surface area contributed by atoms with Crippen molar-refractivity contribution in [1.29, 1.82) is 0 Å². The molecule has 0 aliphatic heterocycles. The van der Waals surface area contributed by atoms with E-state index in [2.05, 4.69) is 35.6 Å². The first-order valence-electron chi connectivity index (χ1n) is 7.37. The van der Waals surface area contributed by atoms with Crippen molar-refractivity contribution < 1.29 is 5.11 Å². The highest BCUT2D eigenvalue weighted by molar-refractivity contribution is 5.36. The van der Waals surface area contributed by atoms with Gasteiger partial charge in [0.1, 0.15) is 0 Å². The maximum absolute atomic E-state index is 10.3. The smallest absolute Gasteiger partial charge is 0.0914 e. The normalized spacial score (nSPS) is 15.1. The predicted molar refractivity (Wildman–Crippen MR) is 81.6 cm³/mol. The number of benzene rings is 2. The van der Waals surface area contributed by atoms with Gasteiger partial charge in [-0.3, -0.25) is 0 Å². The first kappa shape index (κ1) is 13.3. The maximum atomic E-state index is 10.3. The number of aliphatic hydroxyl groups is 1. The second-order valence-corrected chi connectivity index (χ2v) is 5.51. The van der Waals surface area contributed by atoms with Crippen molar-refractivity contribution in [3.63, 3.8) is 0 Å². The van der Waals surface area contributed by atoms with Gasteiger partial charge in [0.25, 0.3) is 0 Å². The Kier molecular flexibility index (Phi) is 4.14. The van der Waals surface area contributed by atoms with E-state index in [1.54, 1.807) is 0 Å². The van der Waals surface area contributed by atoms with E-state index < -0.39 is 6.10 Å². The van der Waals surface area contributed by atoms with E-state index in [1.807, 2.05) is 18.2 Å². The average Bonchev–Trinajstić information content (AvgIpc) is 2.95. The second kappa shape index (κ2) is 6.21. The standard InChI is InChI=1S/C18H21NO/c20-18(13-19-12-14-5-2-1-3-6-14)17-10-9-15-7-4-8-16(15)11-17/h1-3,5-6,9-11,18-20H,4,7-8,12-13H2. The molecular weight excluding hydrogens is 246 g/mol. The number of hydrogen-bond donors (Lipinski definition) is 2. The molecule has 104 valence electrons. The van der Waals surface area contributed by atoms with Crippen LogP contribution in [0.15, 0.2) is 48.5 Å². The van der Waals surface area contributed by atoms with Crippen molar-refractivity contribution in [1.82, 2.24) is 5.32 Å². The summed E-state index contributed by atoms with van der Waals surface area (Å²) >= 11 is 0. The highest BCUT2D eigenvalue weighted by Gasteiger charge is 2.14. The summed E-state index contributed by atoms with van der Waals surface area (Å²) in [6.07, 6.45) is 3.18. The van der Waals surface area contributed by atoms with Gasteiger partial charge in [0.05, 0.1) is 6.10 Å². The highest BCUT2D eigenvalue weighted by atomic mass is 16.3. The summed E-state index contributed by atoms with van der Waals surface area (Å²) in [5.74, 6) is 0. The largest absolute Gasteiger partial charge is 0.387 e. The Balaban J connectivity index is 1.55. The molecule has 1 unspecified atom stereocenters.